The molecule has 1 radical (unpaired) electrons. The molecule has 0 aliphatic heterocycles. The highest BCUT2D eigenvalue weighted by Crippen LogP contribution is 2.02. The largest absolute Gasteiger partial charge is 0.291 e. The van der Waals surface area contributed by atoms with Crippen LogP contribution >= 0.6 is 0 Å². The van der Waals surface area contributed by atoms with Gasteiger partial charge in [0, 0.05) is 12.5 Å². The van der Waals surface area contributed by atoms with Gasteiger partial charge in [-0.3, -0.25) is 14.9 Å². The second-order valence-electron chi connectivity index (χ2n) is 5.27. The van der Waals surface area contributed by atoms with E-state index in [2.05, 4.69) is 31.2 Å². The van der Waals surface area contributed by atoms with E-state index < -0.39 is 4.92 Å². The van der Waals surface area contributed by atoms with Gasteiger partial charge in [0.05, 0.1) is 4.92 Å². The van der Waals surface area contributed by atoms with Crippen molar-refractivity contribution in [1.82, 2.24) is 0 Å². The summed E-state index contributed by atoms with van der Waals surface area (Å²) in [7, 11) is 0. The molecule has 0 saturated carbocycles. The predicted octanol–water partition coefficient (Wildman–Crippen LogP) is 5.95. The lowest BCUT2D eigenvalue weighted by atomic mass is 10.2. The Balaban J connectivity index is 4.22. The zero-order chi connectivity index (χ0) is 19.3. The molecule has 0 amide bonds. The Morgan fingerprint density at radius 1 is 0.885 bits per heavy atom. The van der Waals surface area contributed by atoms with Crippen LogP contribution in [0.25, 0.3) is 0 Å². The van der Waals surface area contributed by atoms with E-state index in [-0.39, 0.29) is 5.70 Å². The third-order valence-electron chi connectivity index (χ3n) is 3.10. The maximum atomic E-state index is 11.0. The summed E-state index contributed by atoms with van der Waals surface area (Å²) in [5, 5.41) is 11.0. The highest BCUT2D eigenvalue weighted by molar-refractivity contribution is 5.50. The van der Waals surface area contributed by atoms with Gasteiger partial charge in [-0.15, -0.1) is 0 Å². The summed E-state index contributed by atoms with van der Waals surface area (Å²) in [6.07, 6.45) is 30.5. The van der Waals surface area contributed by atoms with Gasteiger partial charge in [-0.25, -0.2) is 0 Å². The molecular formula is C22H28NO3. The van der Waals surface area contributed by atoms with E-state index in [1.54, 1.807) is 30.6 Å². The first kappa shape index (κ1) is 23.2. The molecule has 0 aromatic carbocycles. The minimum absolute atomic E-state index is 0.0493. The van der Waals surface area contributed by atoms with Crippen LogP contribution in [0.5, 0.6) is 0 Å². The highest BCUT2D eigenvalue weighted by Gasteiger charge is 2.02. The van der Waals surface area contributed by atoms with Crippen molar-refractivity contribution < 1.29 is 9.72 Å². The third kappa shape index (κ3) is 16.1. The van der Waals surface area contributed by atoms with Gasteiger partial charge in [0.2, 0.25) is 0 Å². The summed E-state index contributed by atoms with van der Waals surface area (Å²) in [5.74, 6) is 0. The molecule has 0 unspecified atom stereocenters. The molecule has 4 nitrogen and oxygen atoms in total. The summed E-state index contributed by atoms with van der Waals surface area (Å²) in [5.41, 5.74) is 0.0493. The van der Waals surface area contributed by atoms with Crippen LogP contribution in [0.4, 0.5) is 0 Å². The van der Waals surface area contributed by atoms with E-state index >= 15 is 0 Å². The minimum atomic E-state index is -0.412. The first-order valence-corrected chi connectivity index (χ1v) is 8.86. The van der Waals surface area contributed by atoms with Crippen LogP contribution in [0.1, 0.15) is 45.4 Å². The van der Waals surface area contributed by atoms with Crippen LogP contribution in [0.2, 0.25) is 0 Å². The smallest absolute Gasteiger partial charge is 0.265 e. The maximum absolute atomic E-state index is 11.0. The lowest BCUT2D eigenvalue weighted by Gasteiger charge is -1.89. The lowest BCUT2D eigenvalue weighted by molar-refractivity contribution is -0.419. The van der Waals surface area contributed by atoms with Gasteiger partial charge in [-0.05, 0) is 38.2 Å². The van der Waals surface area contributed by atoms with Crippen molar-refractivity contribution >= 4 is 6.29 Å². The zero-order valence-electron chi connectivity index (χ0n) is 15.4. The number of carbonyl (C=O) groups excluding carboxylic acids is 1. The molecular weight excluding hydrogens is 326 g/mol. The first-order chi connectivity index (χ1) is 12.7. The van der Waals surface area contributed by atoms with Gasteiger partial charge < -0.3 is 0 Å². The predicted molar refractivity (Wildman–Crippen MR) is 109 cm³/mol. The minimum Gasteiger partial charge on any atom is -0.291 e. The van der Waals surface area contributed by atoms with Gasteiger partial charge >= 0.3 is 0 Å². The summed E-state index contributed by atoms with van der Waals surface area (Å²) < 4.78 is 0. The highest BCUT2D eigenvalue weighted by atomic mass is 16.6. The Morgan fingerprint density at radius 2 is 1.54 bits per heavy atom. The number of hydrogen-bond donors (Lipinski definition) is 0. The van der Waals surface area contributed by atoms with E-state index in [1.165, 1.54) is 6.08 Å². The Morgan fingerprint density at radius 3 is 2.23 bits per heavy atom. The van der Waals surface area contributed by atoms with Crippen LogP contribution in [-0.4, -0.2) is 11.2 Å². The molecule has 0 atom stereocenters. The van der Waals surface area contributed by atoms with Crippen molar-refractivity contribution in [3.8, 4) is 0 Å². The Labute approximate surface area is 156 Å². The fraction of sp³-hybridized carbons (Fsp3) is 0.318. The van der Waals surface area contributed by atoms with Crippen LogP contribution in [-0.2, 0) is 4.79 Å². The second kappa shape index (κ2) is 18.6. The molecule has 0 aliphatic carbocycles. The molecule has 26 heavy (non-hydrogen) atoms. The van der Waals surface area contributed by atoms with Crippen molar-refractivity contribution in [2.75, 3.05) is 0 Å². The molecule has 0 fully saturated rings. The van der Waals surface area contributed by atoms with Crippen molar-refractivity contribution in [2.24, 2.45) is 0 Å². The van der Waals surface area contributed by atoms with E-state index in [0.717, 1.165) is 19.3 Å². The number of nitrogens with zero attached hydrogens (tertiary/aromatic N) is 1. The van der Waals surface area contributed by atoms with Gasteiger partial charge in [-0.2, -0.15) is 0 Å². The zero-order valence-corrected chi connectivity index (χ0v) is 15.4. The normalized spacial score (nSPS) is 13.5. The van der Waals surface area contributed by atoms with Crippen molar-refractivity contribution in [1.29, 1.82) is 0 Å². The number of hydrogen-bond acceptors (Lipinski definition) is 3. The number of nitro groups is 1. The number of rotatable bonds is 14. The maximum Gasteiger partial charge on any atom is 0.265 e. The molecule has 0 saturated heterocycles. The molecule has 139 valence electrons. The summed E-state index contributed by atoms with van der Waals surface area (Å²) >= 11 is 0. The first-order valence-electron chi connectivity index (χ1n) is 8.86. The monoisotopic (exact) mass is 354 g/mol. The van der Waals surface area contributed by atoms with Gasteiger partial charge in [-0.1, -0.05) is 73.8 Å². The molecule has 0 heterocycles. The molecule has 0 aromatic rings. The second-order valence-corrected chi connectivity index (χ2v) is 5.27. The average molecular weight is 354 g/mol. The van der Waals surface area contributed by atoms with Gasteiger partial charge in [0.15, 0.2) is 6.29 Å². The fourth-order valence-corrected chi connectivity index (χ4v) is 1.80. The quantitative estimate of drug-likeness (QED) is 0.127. The molecule has 4 heteroatoms. The van der Waals surface area contributed by atoms with Gasteiger partial charge in [0.25, 0.3) is 5.70 Å². The van der Waals surface area contributed by atoms with Crippen molar-refractivity contribution in [2.45, 2.75) is 45.4 Å². The van der Waals surface area contributed by atoms with Gasteiger partial charge in [0.1, 0.15) is 0 Å². The molecule has 0 rings (SSSR count). The molecule has 0 spiro atoms. The van der Waals surface area contributed by atoms with Crippen LogP contribution in [0.3, 0.4) is 0 Å². The van der Waals surface area contributed by atoms with E-state index in [4.69, 9.17) is 0 Å². The lowest BCUT2D eigenvalue weighted by Crippen LogP contribution is -1.94. The summed E-state index contributed by atoms with van der Waals surface area (Å²) in [4.78, 5) is 20.6. The molecule has 0 aromatic heterocycles. The SMILES string of the molecule is CC/C=C\C/C=C\C\C=C/C=C\C=C/C(=C\C/C=C\CC[C]=O)[N+](=O)[O-]. The Bertz CT molecular complexity index is 591. The molecule has 0 aliphatic rings. The topological polar surface area (TPSA) is 60.2 Å². The Hall–Kier alpha value is -2.75. The van der Waals surface area contributed by atoms with Crippen molar-refractivity contribution in [3.05, 3.63) is 94.8 Å². The number of allylic oxidation sites excluding steroid dienone is 13. The van der Waals surface area contributed by atoms with Crippen molar-refractivity contribution in [3.63, 3.8) is 0 Å². The third-order valence-corrected chi connectivity index (χ3v) is 3.10. The average Bonchev–Trinajstić information content (AvgIpc) is 2.63. The van der Waals surface area contributed by atoms with Crippen LogP contribution in [0.15, 0.2) is 84.7 Å². The summed E-state index contributed by atoms with van der Waals surface area (Å²) in [6.45, 7) is 2.11. The number of unbranched alkanes of at least 4 members (excludes halogenated alkanes) is 1. The standard InChI is InChI=1S/C22H28NO3/c1-2-3-4-5-6-7-8-9-10-11-13-16-19-22(23(25)26)20-17-14-12-15-18-21-24/h3-4,6-7,9-14,16,19-20H,2,5,8,15,17-18H2,1H3/b4-3-,7-6-,10-9-,13-11-,14-12-,19-16-,22-20+. The van der Waals surface area contributed by atoms with Crippen LogP contribution in [0, 0.1) is 10.1 Å². The summed E-state index contributed by atoms with van der Waals surface area (Å²) in [6, 6.07) is 0. The van der Waals surface area contributed by atoms with E-state index in [1.807, 2.05) is 24.3 Å². The fourth-order valence-electron chi connectivity index (χ4n) is 1.80. The van der Waals surface area contributed by atoms with E-state index in [0.29, 0.717) is 19.3 Å². The van der Waals surface area contributed by atoms with E-state index in [9.17, 15) is 14.9 Å². The van der Waals surface area contributed by atoms with Crippen LogP contribution < -0.4 is 0 Å². The molecule has 0 bridgehead atoms. The Kier molecular flexibility index (Phi) is 16.6. The molecule has 0 N–H and O–H groups in total.